The summed E-state index contributed by atoms with van der Waals surface area (Å²) in [6.07, 6.45) is 8.73. The van der Waals surface area contributed by atoms with Gasteiger partial charge in [0.05, 0.1) is 4.47 Å². The molecular weight excluding hydrogens is 240 g/mol. The van der Waals surface area contributed by atoms with Gasteiger partial charge in [-0.05, 0) is 40.9 Å². The second-order valence-electron chi connectivity index (χ2n) is 3.02. The molecule has 0 aromatic carbocycles. The number of terminal acetylenes is 1. The standard InChI is InChI=1S/C11H13BrN2/c1-3-4-5-7-13-11-10(12)9(2)6-8-14-11/h1,6,8H,4-5,7H2,2H3,(H,13,14). The van der Waals surface area contributed by atoms with Gasteiger partial charge in [-0.1, -0.05) is 0 Å². The molecule has 0 radical (unpaired) electrons. The molecule has 0 fully saturated rings. The molecule has 1 rings (SSSR count). The normalized spacial score (nSPS) is 9.50. The van der Waals surface area contributed by atoms with Crippen molar-refractivity contribution in [2.75, 3.05) is 11.9 Å². The Labute approximate surface area is 93.3 Å². The molecule has 0 unspecified atom stereocenters. The van der Waals surface area contributed by atoms with E-state index in [0.717, 1.165) is 29.7 Å². The van der Waals surface area contributed by atoms with E-state index in [4.69, 9.17) is 6.42 Å². The molecule has 1 heterocycles. The monoisotopic (exact) mass is 252 g/mol. The molecule has 0 aliphatic heterocycles. The first-order chi connectivity index (χ1) is 6.75. The van der Waals surface area contributed by atoms with Crippen LogP contribution in [0.25, 0.3) is 0 Å². The number of nitrogens with zero attached hydrogens (tertiary/aromatic N) is 1. The first kappa shape index (κ1) is 11.1. The van der Waals surface area contributed by atoms with Gasteiger partial charge in [-0.25, -0.2) is 4.98 Å². The quantitative estimate of drug-likeness (QED) is 0.659. The summed E-state index contributed by atoms with van der Waals surface area (Å²) in [6.45, 7) is 2.90. The Bertz CT molecular complexity index is 342. The van der Waals surface area contributed by atoms with Crippen molar-refractivity contribution in [2.24, 2.45) is 0 Å². The highest BCUT2D eigenvalue weighted by atomic mass is 79.9. The van der Waals surface area contributed by atoms with E-state index >= 15 is 0 Å². The highest BCUT2D eigenvalue weighted by Crippen LogP contribution is 2.22. The molecule has 74 valence electrons. The number of rotatable bonds is 4. The number of pyridine rings is 1. The molecule has 0 spiro atoms. The van der Waals surface area contributed by atoms with Crippen LogP contribution in [0.15, 0.2) is 16.7 Å². The molecule has 1 aromatic rings. The first-order valence-corrected chi connectivity index (χ1v) is 5.33. The first-order valence-electron chi connectivity index (χ1n) is 4.54. The van der Waals surface area contributed by atoms with Crippen LogP contribution in [0.1, 0.15) is 18.4 Å². The van der Waals surface area contributed by atoms with Crippen molar-refractivity contribution in [2.45, 2.75) is 19.8 Å². The summed E-state index contributed by atoms with van der Waals surface area (Å²) in [5.41, 5.74) is 1.18. The summed E-state index contributed by atoms with van der Waals surface area (Å²) >= 11 is 3.48. The topological polar surface area (TPSA) is 24.9 Å². The van der Waals surface area contributed by atoms with Gasteiger partial charge >= 0.3 is 0 Å². The highest BCUT2D eigenvalue weighted by molar-refractivity contribution is 9.10. The number of unbranched alkanes of at least 4 members (excludes halogenated alkanes) is 1. The van der Waals surface area contributed by atoms with Crippen LogP contribution >= 0.6 is 15.9 Å². The fraction of sp³-hybridized carbons (Fsp3) is 0.364. The van der Waals surface area contributed by atoms with Crippen LogP contribution in [0, 0.1) is 19.3 Å². The zero-order chi connectivity index (χ0) is 10.4. The van der Waals surface area contributed by atoms with E-state index in [0.29, 0.717) is 0 Å². The lowest BCUT2D eigenvalue weighted by Gasteiger charge is -2.07. The van der Waals surface area contributed by atoms with Crippen molar-refractivity contribution in [3.63, 3.8) is 0 Å². The van der Waals surface area contributed by atoms with E-state index in [2.05, 4.69) is 32.2 Å². The summed E-state index contributed by atoms with van der Waals surface area (Å²) in [7, 11) is 0. The van der Waals surface area contributed by atoms with Gasteiger partial charge in [-0.3, -0.25) is 0 Å². The van der Waals surface area contributed by atoms with Crippen molar-refractivity contribution in [3.8, 4) is 12.3 Å². The minimum Gasteiger partial charge on any atom is -0.369 e. The molecule has 3 heteroatoms. The van der Waals surface area contributed by atoms with Gasteiger partial charge in [0.15, 0.2) is 0 Å². The van der Waals surface area contributed by atoms with E-state index in [1.807, 2.05) is 13.0 Å². The third kappa shape index (κ3) is 3.04. The lowest BCUT2D eigenvalue weighted by atomic mass is 10.3. The van der Waals surface area contributed by atoms with Crippen molar-refractivity contribution in [1.82, 2.24) is 4.98 Å². The van der Waals surface area contributed by atoms with E-state index < -0.39 is 0 Å². The fourth-order valence-corrected chi connectivity index (χ4v) is 1.44. The van der Waals surface area contributed by atoms with Gasteiger partial charge in [0.25, 0.3) is 0 Å². The Hall–Kier alpha value is -1.01. The second-order valence-corrected chi connectivity index (χ2v) is 3.82. The maximum atomic E-state index is 5.16. The predicted molar refractivity (Wildman–Crippen MR) is 63.2 cm³/mol. The average molecular weight is 253 g/mol. The number of hydrogen-bond acceptors (Lipinski definition) is 2. The van der Waals surface area contributed by atoms with Crippen LogP contribution in [-0.2, 0) is 0 Å². The lowest BCUT2D eigenvalue weighted by Crippen LogP contribution is -2.04. The number of anilines is 1. The van der Waals surface area contributed by atoms with Crippen molar-refractivity contribution < 1.29 is 0 Å². The summed E-state index contributed by atoms with van der Waals surface area (Å²) in [6, 6.07) is 1.97. The predicted octanol–water partition coefficient (Wildman–Crippen LogP) is 2.98. The molecule has 0 saturated heterocycles. The molecule has 0 saturated carbocycles. The third-order valence-corrected chi connectivity index (χ3v) is 2.87. The SMILES string of the molecule is C#CCCCNc1nccc(C)c1Br. The van der Waals surface area contributed by atoms with E-state index in [9.17, 15) is 0 Å². The van der Waals surface area contributed by atoms with Gasteiger partial charge < -0.3 is 5.32 Å². The van der Waals surface area contributed by atoms with E-state index in [1.165, 1.54) is 5.56 Å². The number of halogens is 1. The number of aromatic nitrogens is 1. The average Bonchev–Trinajstić information content (AvgIpc) is 2.19. The van der Waals surface area contributed by atoms with E-state index in [1.54, 1.807) is 6.20 Å². The molecule has 0 atom stereocenters. The Balaban J connectivity index is 2.51. The van der Waals surface area contributed by atoms with Crippen LogP contribution in [0.4, 0.5) is 5.82 Å². The van der Waals surface area contributed by atoms with Crippen LogP contribution in [-0.4, -0.2) is 11.5 Å². The maximum Gasteiger partial charge on any atom is 0.140 e. The van der Waals surface area contributed by atoms with Gasteiger partial charge in [-0.15, -0.1) is 12.3 Å². The fourth-order valence-electron chi connectivity index (χ4n) is 1.06. The van der Waals surface area contributed by atoms with Crippen molar-refractivity contribution >= 4 is 21.7 Å². The zero-order valence-corrected chi connectivity index (χ0v) is 9.76. The van der Waals surface area contributed by atoms with Gasteiger partial charge in [0.2, 0.25) is 0 Å². The molecule has 0 bridgehead atoms. The number of aryl methyl sites for hydroxylation is 1. The van der Waals surface area contributed by atoms with Crippen LogP contribution < -0.4 is 5.32 Å². The summed E-state index contributed by atoms with van der Waals surface area (Å²) in [5.74, 6) is 3.50. The molecule has 0 amide bonds. The van der Waals surface area contributed by atoms with Crippen LogP contribution in [0.3, 0.4) is 0 Å². The third-order valence-electron chi connectivity index (χ3n) is 1.87. The van der Waals surface area contributed by atoms with Crippen LogP contribution in [0.5, 0.6) is 0 Å². The molecule has 2 nitrogen and oxygen atoms in total. The number of nitrogens with one attached hydrogen (secondary N) is 1. The highest BCUT2D eigenvalue weighted by Gasteiger charge is 2.01. The minimum absolute atomic E-state index is 0.802. The van der Waals surface area contributed by atoms with Gasteiger partial charge in [-0.2, -0.15) is 0 Å². The Morgan fingerprint density at radius 3 is 3.14 bits per heavy atom. The largest absolute Gasteiger partial charge is 0.369 e. The maximum absolute atomic E-state index is 5.16. The minimum atomic E-state index is 0.802. The molecule has 14 heavy (non-hydrogen) atoms. The smallest absolute Gasteiger partial charge is 0.140 e. The van der Waals surface area contributed by atoms with Crippen molar-refractivity contribution in [1.29, 1.82) is 0 Å². The Morgan fingerprint density at radius 2 is 2.43 bits per heavy atom. The number of hydrogen-bond donors (Lipinski definition) is 1. The zero-order valence-electron chi connectivity index (χ0n) is 8.18. The van der Waals surface area contributed by atoms with Crippen molar-refractivity contribution in [3.05, 3.63) is 22.3 Å². The molecule has 1 aromatic heterocycles. The molecule has 0 aliphatic carbocycles. The lowest BCUT2D eigenvalue weighted by molar-refractivity contribution is 0.900. The molecular formula is C11H13BrN2. The molecule has 0 aliphatic rings. The van der Waals surface area contributed by atoms with E-state index in [-0.39, 0.29) is 0 Å². The van der Waals surface area contributed by atoms with Gasteiger partial charge in [0.1, 0.15) is 5.82 Å². The Kier molecular flexibility index (Phi) is 4.48. The van der Waals surface area contributed by atoms with Gasteiger partial charge in [0, 0.05) is 19.2 Å². The summed E-state index contributed by atoms with van der Waals surface area (Å²) < 4.78 is 1.03. The second kappa shape index (κ2) is 5.66. The molecule has 1 N–H and O–H groups in total. The summed E-state index contributed by atoms with van der Waals surface area (Å²) in [5, 5.41) is 3.24. The Morgan fingerprint density at radius 1 is 1.64 bits per heavy atom. The van der Waals surface area contributed by atoms with Crippen LogP contribution in [0.2, 0.25) is 0 Å². The summed E-state index contributed by atoms with van der Waals surface area (Å²) in [4.78, 5) is 4.23.